The number of hydrogen-bond acceptors (Lipinski definition) is 6. The van der Waals surface area contributed by atoms with E-state index >= 15 is 0 Å². The zero-order valence-electron chi connectivity index (χ0n) is 19.3. The molecule has 1 aliphatic rings. The molecule has 4 rings (SSSR count). The Bertz CT molecular complexity index is 1080. The Morgan fingerprint density at radius 1 is 1.00 bits per heavy atom. The van der Waals surface area contributed by atoms with E-state index in [9.17, 15) is 9.59 Å². The predicted molar refractivity (Wildman–Crippen MR) is 131 cm³/mol. The van der Waals surface area contributed by atoms with Gasteiger partial charge in [0.05, 0.1) is 18.3 Å². The summed E-state index contributed by atoms with van der Waals surface area (Å²) in [5.41, 5.74) is 4.40. The van der Waals surface area contributed by atoms with Crippen LogP contribution in [-0.4, -0.2) is 59.9 Å². The number of methoxy groups -OCH3 is 1. The van der Waals surface area contributed by atoms with Crippen LogP contribution >= 0.6 is 11.3 Å². The molecular formula is C26H29N3O4S. The van der Waals surface area contributed by atoms with Crippen LogP contribution in [0.25, 0.3) is 0 Å². The highest BCUT2D eigenvalue weighted by Crippen LogP contribution is 2.29. The molecule has 1 aromatic heterocycles. The molecule has 0 radical (unpaired) electrons. The van der Waals surface area contributed by atoms with E-state index in [1.807, 2.05) is 28.5 Å². The smallest absolute Gasteiger partial charge is 0.254 e. The zero-order chi connectivity index (χ0) is 23.8. The molecule has 178 valence electrons. The van der Waals surface area contributed by atoms with E-state index in [0.29, 0.717) is 56.3 Å². The summed E-state index contributed by atoms with van der Waals surface area (Å²) in [5, 5.41) is 1.93. The second-order valence-corrected chi connectivity index (χ2v) is 8.86. The highest BCUT2D eigenvalue weighted by atomic mass is 32.1. The van der Waals surface area contributed by atoms with Crippen molar-refractivity contribution < 1.29 is 19.1 Å². The number of amides is 2. The Labute approximate surface area is 203 Å². The van der Waals surface area contributed by atoms with E-state index in [1.54, 1.807) is 35.7 Å². The van der Waals surface area contributed by atoms with Crippen LogP contribution in [0, 0.1) is 0 Å². The van der Waals surface area contributed by atoms with Crippen molar-refractivity contribution in [3.05, 3.63) is 76.2 Å². The molecule has 2 amide bonds. The SMILES string of the molecule is COc1cc(C(=O)N2CCN(C(=O)CCCc3ccccc3)CC2)ccc1OCc1cscn1. The zero-order valence-corrected chi connectivity index (χ0v) is 20.1. The van der Waals surface area contributed by atoms with Crippen LogP contribution in [0.5, 0.6) is 11.5 Å². The van der Waals surface area contributed by atoms with Crippen molar-refractivity contribution >= 4 is 23.2 Å². The number of ether oxygens (including phenoxy) is 2. The Kier molecular flexibility index (Phi) is 8.14. The lowest BCUT2D eigenvalue weighted by Crippen LogP contribution is -2.50. The lowest BCUT2D eigenvalue weighted by Gasteiger charge is -2.35. The molecule has 7 nitrogen and oxygen atoms in total. The van der Waals surface area contributed by atoms with Gasteiger partial charge in [-0.15, -0.1) is 11.3 Å². The molecule has 0 saturated carbocycles. The lowest BCUT2D eigenvalue weighted by molar-refractivity contribution is -0.132. The monoisotopic (exact) mass is 479 g/mol. The fourth-order valence-corrected chi connectivity index (χ4v) is 4.51. The van der Waals surface area contributed by atoms with E-state index in [4.69, 9.17) is 9.47 Å². The van der Waals surface area contributed by atoms with Crippen LogP contribution in [0.2, 0.25) is 0 Å². The molecule has 0 unspecified atom stereocenters. The number of nitrogens with zero attached hydrogens (tertiary/aromatic N) is 3. The first-order valence-corrected chi connectivity index (χ1v) is 12.4. The highest BCUT2D eigenvalue weighted by molar-refractivity contribution is 7.07. The maximum absolute atomic E-state index is 13.0. The normalized spacial score (nSPS) is 13.6. The first-order chi connectivity index (χ1) is 16.6. The summed E-state index contributed by atoms with van der Waals surface area (Å²) in [5.74, 6) is 1.16. The van der Waals surface area contributed by atoms with Crippen LogP contribution in [-0.2, 0) is 17.8 Å². The summed E-state index contributed by atoms with van der Waals surface area (Å²) >= 11 is 1.51. The van der Waals surface area contributed by atoms with Crippen molar-refractivity contribution in [2.45, 2.75) is 25.9 Å². The fourth-order valence-electron chi connectivity index (χ4n) is 3.97. The van der Waals surface area contributed by atoms with Gasteiger partial charge in [0.1, 0.15) is 6.61 Å². The van der Waals surface area contributed by atoms with E-state index in [2.05, 4.69) is 17.1 Å². The number of benzene rings is 2. The van der Waals surface area contributed by atoms with Gasteiger partial charge < -0.3 is 19.3 Å². The molecule has 0 spiro atoms. The Morgan fingerprint density at radius 2 is 1.76 bits per heavy atom. The third-order valence-corrected chi connectivity index (χ3v) is 6.52. The summed E-state index contributed by atoms with van der Waals surface area (Å²) in [6, 6.07) is 15.4. The first-order valence-electron chi connectivity index (χ1n) is 11.4. The quantitative estimate of drug-likeness (QED) is 0.463. The number of rotatable bonds is 9. The number of hydrogen-bond donors (Lipinski definition) is 0. The van der Waals surface area contributed by atoms with Crippen molar-refractivity contribution in [1.82, 2.24) is 14.8 Å². The van der Waals surface area contributed by atoms with Gasteiger partial charge >= 0.3 is 0 Å². The number of piperazine rings is 1. The average Bonchev–Trinajstić information content (AvgIpc) is 3.41. The molecule has 8 heteroatoms. The van der Waals surface area contributed by atoms with Crippen LogP contribution in [0.3, 0.4) is 0 Å². The second-order valence-electron chi connectivity index (χ2n) is 8.15. The molecule has 0 atom stereocenters. The topological polar surface area (TPSA) is 72.0 Å². The Morgan fingerprint density at radius 3 is 2.47 bits per heavy atom. The number of carbonyl (C=O) groups excluding carboxylic acids is 2. The highest BCUT2D eigenvalue weighted by Gasteiger charge is 2.25. The summed E-state index contributed by atoms with van der Waals surface area (Å²) in [6.07, 6.45) is 2.26. The van der Waals surface area contributed by atoms with Crippen molar-refractivity contribution in [2.24, 2.45) is 0 Å². The molecule has 2 aromatic carbocycles. The average molecular weight is 480 g/mol. The van der Waals surface area contributed by atoms with Crippen LogP contribution in [0.4, 0.5) is 0 Å². The van der Waals surface area contributed by atoms with E-state index in [1.165, 1.54) is 16.9 Å². The van der Waals surface area contributed by atoms with Crippen molar-refractivity contribution in [3.8, 4) is 11.5 Å². The minimum absolute atomic E-state index is 0.0690. The van der Waals surface area contributed by atoms with Gasteiger partial charge in [-0.3, -0.25) is 9.59 Å². The molecule has 0 bridgehead atoms. The number of aromatic nitrogens is 1. The van der Waals surface area contributed by atoms with Gasteiger partial charge in [0.15, 0.2) is 11.5 Å². The number of thiazole rings is 1. The third-order valence-electron chi connectivity index (χ3n) is 5.89. The molecule has 34 heavy (non-hydrogen) atoms. The van der Waals surface area contributed by atoms with Crippen LogP contribution < -0.4 is 9.47 Å². The predicted octanol–water partition coefficient (Wildman–Crippen LogP) is 4.04. The molecule has 2 heterocycles. The van der Waals surface area contributed by atoms with Gasteiger partial charge in [-0.25, -0.2) is 4.98 Å². The van der Waals surface area contributed by atoms with Crippen LogP contribution in [0.1, 0.15) is 34.5 Å². The minimum Gasteiger partial charge on any atom is -0.493 e. The van der Waals surface area contributed by atoms with E-state index in [0.717, 1.165) is 18.5 Å². The van der Waals surface area contributed by atoms with Gasteiger partial charge in [0, 0.05) is 43.5 Å². The van der Waals surface area contributed by atoms with Gasteiger partial charge in [-0.2, -0.15) is 0 Å². The van der Waals surface area contributed by atoms with Crippen molar-refractivity contribution in [3.63, 3.8) is 0 Å². The second kappa shape index (κ2) is 11.7. The summed E-state index contributed by atoms with van der Waals surface area (Å²) < 4.78 is 11.2. The fraction of sp³-hybridized carbons (Fsp3) is 0.346. The van der Waals surface area contributed by atoms with Crippen molar-refractivity contribution in [2.75, 3.05) is 33.3 Å². The van der Waals surface area contributed by atoms with Gasteiger partial charge in [0.25, 0.3) is 5.91 Å². The van der Waals surface area contributed by atoms with Crippen LogP contribution in [0.15, 0.2) is 59.4 Å². The van der Waals surface area contributed by atoms with Crippen molar-refractivity contribution in [1.29, 1.82) is 0 Å². The summed E-state index contributed by atoms with van der Waals surface area (Å²) in [6.45, 7) is 2.50. The van der Waals surface area contributed by atoms with Gasteiger partial charge in [-0.05, 0) is 36.6 Å². The molecule has 0 aliphatic carbocycles. The largest absolute Gasteiger partial charge is 0.493 e. The van der Waals surface area contributed by atoms with E-state index in [-0.39, 0.29) is 11.8 Å². The van der Waals surface area contributed by atoms with E-state index < -0.39 is 0 Å². The summed E-state index contributed by atoms with van der Waals surface area (Å²) in [7, 11) is 1.56. The van der Waals surface area contributed by atoms with Gasteiger partial charge in [-0.1, -0.05) is 30.3 Å². The maximum atomic E-state index is 13.0. The molecule has 1 fully saturated rings. The van der Waals surface area contributed by atoms with Gasteiger partial charge in [0.2, 0.25) is 5.91 Å². The molecule has 1 aliphatic heterocycles. The number of carbonyl (C=O) groups is 2. The Balaban J connectivity index is 1.26. The summed E-state index contributed by atoms with van der Waals surface area (Å²) in [4.78, 5) is 33.5. The third kappa shape index (κ3) is 6.14. The number of aryl methyl sites for hydroxylation is 1. The molecule has 3 aromatic rings. The lowest BCUT2D eigenvalue weighted by atomic mass is 10.1. The molecular weight excluding hydrogens is 450 g/mol. The Hall–Kier alpha value is -3.39. The maximum Gasteiger partial charge on any atom is 0.254 e. The standard InChI is InChI=1S/C26H29N3O4S/c1-32-24-16-21(10-11-23(24)33-17-22-18-34-19-27-22)26(31)29-14-12-28(13-15-29)25(30)9-5-8-20-6-3-2-4-7-20/h2-4,6-7,10-11,16,18-19H,5,8-9,12-15,17H2,1H3. The minimum atomic E-state index is -0.0690. The molecule has 0 N–H and O–H groups in total. The molecule has 1 saturated heterocycles. The first kappa shape index (κ1) is 23.8.